The number of aromatic hydroxyl groups is 1. The molecule has 6 heteroatoms. The van der Waals surface area contributed by atoms with Crippen molar-refractivity contribution in [1.29, 1.82) is 0 Å². The van der Waals surface area contributed by atoms with E-state index in [1.165, 1.54) is 35.2 Å². The van der Waals surface area contributed by atoms with Crippen LogP contribution in [-0.2, 0) is 9.59 Å². The van der Waals surface area contributed by atoms with Gasteiger partial charge in [-0.2, -0.15) is 0 Å². The Balaban J connectivity index is 1.99. The molecule has 0 bridgehead atoms. The molecule has 32 heavy (non-hydrogen) atoms. The van der Waals surface area contributed by atoms with E-state index in [0.29, 0.717) is 16.8 Å². The number of carbonyl (C=O) groups is 2. The quantitative estimate of drug-likeness (QED) is 0.344. The number of ketones is 1. The van der Waals surface area contributed by atoms with Crippen molar-refractivity contribution in [3.05, 3.63) is 99.9 Å². The molecule has 3 aromatic rings. The van der Waals surface area contributed by atoms with Crippen LogP contribution in [0.3, 0.4) is 0 Å². The number of benzene rings is 3. The van der Waals surface area contributed by atoms with Gasteiger partial charge in [0.05, 0.1) is 11.6 Å². The zero-order chi connectivity index (χ0) is 23.2. The minimum absolute atomic E-state index is 0.0339. The number of phenols is 1. The number of rotatable bonds is 3. The van der Waals surface area contributed by atoms with Crippen molar-refractivity contribution in [3.63, 3.8) is 0 Å². The lowest BCUT2D eigenvalue weighted by molar-refractivity contribution is -0.132. The summed E-state index contributed by atoms with van der Waals surface area (Å²) in [4.78, 5) is 27.8. The van der Waals surface area contributed by atoms with Crippen LogP contribution in [0.1, 0.15) is 33.9 Å². The van der Waals surface area contributed by atoms with Crippen LogP contribution in [0.4, 0.5) is 10.1 Å². The number of carbonyl (C=O) groups excluding carboxylic acids is 2. The summed E-state index contributed by atoms with van der Waals surface area (Å²) in [7, 11) is 0. The van der Waals surface area contributed by atoms with Gasteiger partial charge in [0, 0.05) is 11.3 Å². The summed E-state index contributed by atoms with van der Waals surface area (Å²) in [6.07, 6.45) is 0. The number of halogens is 1. The van der Waals surface area contributed by atoms with Crippen molar-refractivity contribution >= 4 is 23.1 Å². The van der Waals surface area contributed by atoms with Gasteiger partial charge < -0.3 is 10.2 Å². The van der Waals surface area contributed by atoms with Crippen LogP contribution in [0.15, 0.2) is 66.2 Å². The Labute approximate surface area is 185 Å². The lowest BCUT2D eigenvalue weighted by atomic mass is 9.94. The Bertz CT molecular complexity index is 1280. The smallest absolute Gasteiger partial charge is 0.300 e. The number of anilines is 1. The molecule has 3 aromatic carbocycles. The van der Waals surface area contributed by atoms with Gasteiger partial charge >= 0.3 is 0 Å². The third-order valence-corrected chi connectivity index (χ3v) is 5.71. The van der Waals surface area contributed by atoms with E-state index in [0.717, 1.165) is 11.1 Å². The van der Waals surface area contributed by atoms with Crippen molar-refractivity contribution in [2.45, 2.75) is 26.8 Å². The van der Waals surface area contributed by atoms with Gasteiger partial charge in [0.2, 0.25) is 0 Å². The topological polar surface area (TPSA) is 77.8 Å². The van der Waals surface area contributed by atoms with Crippen LogP contribution in [0.2, 0.25) is 0 Å². The summed E-state index contributed by atoms with van der Waals surface area (Å²) < 4.78 is 13.8. The molecule has 1 fully saturated rings. The van der Waals surface area contributed by atoms with Gasteiger partial charge in [0.25, 0.3) is 11.7 Å². The number of aryl methyl sites for hydroxylation is 3. The van der Waals surface area contributed by atoms with E-state index < -0.39 is 23.5 Å². The van der Waals surface area contributed by atoms with Crippen LogP contribution in [0.5, 0.6) is 5.75 Å². The fourth-order valence-corrected chi connectivity index (χ4v) is 3.98. The van der Waals surface area contributed by atoms with Gasteiger partial charge in [-0.3, -0.25) is 14.5 Å². The normalized spacial score (nSPS) is 17.8. The number of amides is 1. The van der Waals surface area contributed by atoms with E-state index in [9.17, 15) is 24.2 Å². The fourth-order valence-electron chi connectivity index (χ4n) is 3.98. The molecule has 1 amide bonds. The minimum atomic E-state index is -0.915. The van der Waals surface area contributed by atoms with E-state index in [1.807, 2.05) is 32.0 Å². The molecule has 162 valence electrons. The largest absolute Gasteiger partial charge is 0.508 e. The number of nitrogens with zero attached hydrogens (tertiary/aromatic N) is 1. The minimum Gasteiger partial charge on any atom is -0.508 e. The predicted molar refractivity (Wildman–Crippen MR) is 120 cm³/mol. The molecule has 0 radical (unpaired) electrons. The van der Waals surface area contributed by atoms with E-state index in [2.05, 4.69) is 0 Å². The molecule has 1 heterocycles. The first-order chi connectivity index (χ1) is 15.2. The third kappa shape index (κ3) is 3.54. The molecule has 0 spiro atoms. The van der Waals surface area contributed by atoms with Crippen molar-refractivity contribution < 1.29 is 24.2 Å². The summed E-state index contributed by atoms with van der Waals surface area (Å²) in [5, 5.41) is 20.8. The molecule has 0 saturated carbocycles. The van der Waals surface area contributed by atoms with Crippen molar-refractivity contribution in [2.24, 2.45) is 0 Å². The molecule has 2 N–H and O–H groups in total. The first-order valence-electron chi connectivity index (χ1n) is 10.1. The molecule has 4 rings (SSSR count). The number of aliphatic hydroxyl groups is 1. The summed E-state index contributed by atoms with van der Waals surface area (Å²) in [5.74, 6) is -2.38. The standard InChI is InChI=1S/C26H22FNO4/c1-14-4-5-15(2)21(12-14)28-23(17-6-9-19(29)10-7-17)22(25(31)26(28)32)24(30)18-8-11-20(27)16(3)13-18/h4-13,23,29-30H,1-3H3/b24-22-. The number of hydrogen-bond donors (Lipinski definition) is 2. The SMILES string of the molecule is Cc1ccc(C)c(N2C(=O)C(=O)/C(=C(\O)c3ccc(F)c(C)c3)C2c2ccc(O)cc2)c1. The molecule has 1 aliphatic heterocycles. The zero-order valence-electron chi connectivity index (χ0n) is 17.9. The van der Waals surface area contributed by atoms with Crippen molar-refractivity contribution in [1.82, 2.24) is 0 Å². The lowest BCUT2D eigenvalue weighted by Crippen LogP contribution is -2.30. The average molecular weight is 431 g/mol. The molecule has 0 aliphatic carbocycles. The summed E-state index contributed by atoms with van der Waals surface area (Å²) >= 11 is 0. The van der Waals surface area contributed by atoms with Crippen molar-refractivity contribution in [2.75, 3.05) is 4.90 Å². The maximum Gasteiger partial charge on any atom is 0.300 e. The molecule has 1 unspecified atom stereocenters. The van der Waals surface area contributed by atoms with Gasteiger partial charge in [0.1, 0.15) is 17.3 Å². The highest BCUT2D eigenvalue weighted by atomic mass is 19.1. The summed E-state index contributed by atoms with van der Waals surface area (Å²) in [5.41, 5.74) is 3.26. The molecular weight excluding hydrogens is 409 g/mol. The monoisotopic (exact) mass is 431 g/mol. The second-order valence-electron chi connectivity index (χ2n) is 8.01. The van der Waals surface area contributed by atoms with E-state index >= 15 is 0 Å². The zero-order valence-corrected chi connectivity index (χ0v) is 17.9. The first kappa shape index (κ1) is 21.3. The summed E-state index contributed by atoms with van der Waals surface area (Å²) in [6.45, 7) is 5.28. The molecule has 0 aromatic heterocycles. The van der Waals surface area contributed by atoms with Gasteiger partial charge in [-0.25, -0.2) is 4.39 Å². The Morgan fingerprint density at radius 2 is 1.59 bits per heavy atom. The number of aliphatic hydroxyl groups excluding tert-OH is 1. The second kappa shape index (κ2) is 7.96. The number of hydrogen-bond acceptors (Lipinski definition) is 4. The van der Waals surface area contributed by atoms with Gasteiger partial charge in [-0.05, 0) is 79.4 Å². The Morgan fingerprint density at radius 1 is 0.906 bits per heavy atom. The van der Waals surface area contributed by atoms with Crippen molar-refractivity contribution in [3.8, 4) is 5.75 Å². The molecule has 5 nitrogen and oxygen atoms in total. The third-order valence-electron chi connectivity index (χ3n) is 5.71. The van der Waals surface area contributed by atoms with Gasteiger partial charge in [0.15, 0.2) is 0 Å². The van der Waals surface area contributed by atoms with E-state index in [4.69, 9.17) is 0 Å². The lowest BCUT2D eigenvalue weighted by Gasteiger charge is -2.27. The second-order valence-corrected chi connectivity index (χ2v) is 8.01. The number of Topliss-reactive ketones (excluding diaryl/α,β-unsaturated/α-hetero) is 1. The summed E-state index contributed by atoms with van der Waals surface area (Å²) in [6, 6.07) is 14.8. The van der Waals surface area contributed by atoms with Gasteiger partial charge in [-0.15, -0.1) is 0 Å². The van der Waals surface area contributed by atoms with Crippen LogP contribution in [0, 0.1) is 26.6 Å². The first-order valence-corrected chi connectivity index (χ1v) is 10.1. The highest BCUT2D eigenvalue weighted by molar-refractivity contribution is 6.51. The maximum absolute atomic E-state index is 13.8. The Morgan fingerprint density at radius 3 is 2.25 bits per heavy atom. The molecule has 1 saturated heterocycles. The van der Waals surface area contributed by atoms with E-state index in [1.54, 1.807) is 19.1 Å². The fraction of sp³-hybridized carbons (Fsp3) is 0.154. The number of phenolic OH excluding ortho intramolecular Hbond substituents is 1. The highest BCUT2D eigenvalue weighted by Gasteiger charge is 2.47. The van der Waals surface area contributed by atoms with Crippen LogP contribution in [0.25, 0.3) is 5.76 Å². The Kier molecular flexibility index (Phi) is 5.30. The van der Waals surface area contributed by atoms with Gasteiger partial charge in [-0.1, -0.05) is 24.3 Å². The van der Waals surface area contributed by atoms with E-state index in [-0.39, 0.29) is 22.6 Å². The molecule has 1 atom stereocenters. The van der Waals surface area contributed by atoms with Crippen LogP contribution < -0.4 is 4.90 Å². The van der Waals surface area contributed by atoms with Crippen LogP contribution >= 0.6 is 0 Å². The molecule has 1 aliphatic rings. The molecular formula is C26H22FNO4. The Hall–Kier alpha value is -3.93. The predicted octanol–water partition coefficient (Wildman–Crippen LogP) is 5.08. The van der Waals surface area contributed by atoms with Crippen LogP contribution in [-0.4, -0.2) is 21.9 Å². The maximum atomic E-state index is 13.8. The highest BCUT2D eigenvalue weighted by Crippen LogP contribution is 2.43. The average Bonchev–Trinajstić information content (AvgIpc) is 3.02.